The number of hydrogen-bond acceptors (Lipinski definition) is 4. The van der Waals surface area contributed by atoms with Crippen LogP contribution in [-0.2, 0) is 10.0 Å². The predicted octanol–water partition coefficient (Wildman–Crippen LogP) is 1.95. The van der Waals surface area contributed by atoms with E-state index in [9.17, 15) is 8.42 Å². The van der Waals surface area contributed by atoms with Crippen LogP contribution in [0.15, 0.2) is 33.5 Å². The Labute approximate surface area is 146 Å². The van der Waals surface area contributed by atoms with E-state index in [0.29, 0.717) is 22.9 Å². The third-order valence-electron chi connectivity index (χ3n) is 3.18. The fraction of sp³-hybridized carbons (Fsp3) is 0.500. The van der Waals surface area contributed by atoms with Gasteiger partial charge >= 0.3 is 0 Å². The van der Waals surface area contributed by atoms with Gasteiger partial charge in [0.2, 0.25) is 10.0 Å². The van der Waals surface area contributed by atoms with Gasteiger partial charge in [-0.05, 0) is 31.9 Å². The minimum atomic E-state index is -3.51. The average molecular weight is 377 g/mol. The second kappa shape index (κ2) is 8.68. The summed E-state index contributed by atoms with van der Waals surface area (Å²) in [5.74, 6) is 0.708. The Morgan fingerprint density at radius 1 is 1.39 bits per heavy atom. The minimum absolute atomic E-state index is 0.216. The third kappa shape index (κ3) is 5.80. The zero-order valence-electron chi connectivity index (χ0n) is 12.9. The molecule has 3 N–H and O–H groups in total. The second-order valence-electron chi connectivity index (χ2n) is 5.00. The van der Waals surface area contributed by atoms with Crippen molar-refractivity contribution < 1.29 is 8.42 Å². The zero-order valence-corrected chi connectivity index (χ0v) is 15.3. The van der Waals surface area contributed by atoms with Gasteiger partial charge in [-0.15, -0.1) is 11.3 Å². The molecule has 0 saturated heterocycles. The van der Waals surface area contributed by atoms with Crippen LogP contribution in [0.1, 0.15) is 19.8 Å². The fourth-order valence-corrected chi connectivity index (χ4v) is 4.66. The van der Waals surface area contributed by atoms with E-state index in [4.69, 9.17) is 11.6 Å². The van der Waals surface area contributed by atoms with Crippen LogP contribution in [0.25, 0.3) is 0 Å². The Kier molecular flexibility index (Phi) is 6.88. The highest BCUT2D eigenvalue weighted by molar-refractivity contribution is 7.91. The number of nitrogens with zero attached hydrogens (tertiary/aromatic N) is 1. The van der Waals surface area contributed by atoms with Crippen LogP contribution >= 0.6 is 22.9 Å². The first kappa shape index (κ1) is 18.3. The first-order valence-electron chi connectivity index (χ1n) is 7.46. The third-order valence-corrected chi connectivity index (χ3v) is 6.36. The lowest BCUT2D eigenvalue weighted by Crippen LogP contribution is -2.42. The summed E-state index contributed by atoms with van der Waals surface area (Å²) in [5.41, 5.74) is 0. The molecule has 1 aromatic rings. The van der Waals surface area contributed by atoms with Crippen molar-refractivity contribution in [2.75, 3.05) is 19.6 Å². The Bertz CT molecular complexity index is 662. The van der Waals surface area contributed by atoms with Crippen molar-refractivity contribution in [3.05, 3.63) is 28.6 Å². The average Bonchev–Trinajstić information content (AvgIpc) is 3.15. The van der Waals surface area contributed by atoms with Gasteiger partial charge in [0.25, 0.3) is 0 Å². The number of nitrogens with one attached hydrogen (secondary N) is 3. The molecule has 0 amide bonds. The summed E-state index contributed by atoms with van der Waals surface area (Å²) >= 11 is 6.80. The molecule has 9 heteroatoms. The van der Waals surface area contributed by atoms with Crippen molar-refractivity contribution >= 4 is 38.9 Å². The molecule has 128 valence electrons. The molecule has 0 aliphatic heterocycles. The normalized spacial score (nSPS) is 16.0. The molecule has 6 nitrogen and oxygen atoms in total. The Morgan fingerprint density at radius 2 is 2.13 bits per heavy atom. The van der Waals surface area contributed by atoms with E-state index in [-0.39, 0.29) is 10.8 Å². The molecular weight excluding hydrogens is 356 g/mol. The lowest BCUT2D eigenvalue weighted by Gasteiger charge is -2.16. The van der Waals surface area contributed by atoms with E-state index in [0.717, 1.165) is 30.7 Å². The molecule has 1 heterocycles. The largest absolute Gasteiger partial charge is 0.357 e. The standard InChI is InChI=1S/C14H21ClN4O2S2/c1-2-16-14(19-11-5-3-4-6-11)17-9-10-18-23(20,21)13-8-7-12(15)22-13/h3-4,7-8,11,18H,2,5-6,9-10H2,1H3,(H2,16,17,19). The summed E-state index contributed by atoms with van der Waals surface area (Å²) in [4.78, 5) is 4.40. The monoisotopic (exact) mass is 376 g/mol. The Hall–Kier alpha value is -1.09. The van der Waals surface area contributed by atoms with Crippen molar-refractivity contribution in [1.29, 1.82) is 0 Å². The van der Waals surface area contributed by atoms with Gasteiger partial charge in [-0.2, -0.15) is 0 Å². The van der Waals surface area contributed by atoms with Crippen LogP contribution in [0.2, 0.25) is 4.34 Å². The molecule has 0 fully saturated rings. The fourth-order valence-electron chi connectivity index (χ4n) is 2.11. The molecule has 0 radical (unpaired) electrons. The van der Waals surface area contributed by atoms with Gasteiger partial charge in [-0.3, -0.25) is 4.99 Å². The number of hydrogen-bond donors (Lipinski definition) is 3. The highest BCUT2D eigenvalue weighted by atomic mass is 35.5. The summed E-state index contributed by atoms with van der Waals surface area (Å²) in [6.45, 7) is 3.34. The van der Waals surface area contributed by atoms with Gasteiger partial charge in [0.1, 0.15) is 4.21 Å². The molecule has 0 atom stereocenters. The van der Waals surface area contributed by atoms with Crippen LogP contribution in [0.3, 0.4) is 0 Å². The Morgan fingerprint density at radius 3 is 2.74 bits per heavy atom. The van der Waals surface area contributed by atoms with E-state index in [1.807, 2.05) is 6.92 Å². The summed E-state index contributed by atoms with van der Waals surface area (Å²) < 4.78 is 27.3. The van der Waals surface area contributed by atoms with Gasteiger partial charge < -0.3 is 10.6 Å². The van der Waals surface area contributed by atoms with E-state index in [1.165, 1.54) is 6.07 Å². The first-order chi connectivity index (χ1) is 11.0. The van der Waals surface area contributed by atoms with Gasteiger partial charge in [0.05, 0.1) is 10.9 Å². The van der Waals surface area contributed by atoms with Gasteiger partial charge in [-0.1, -0.05) is 23.8 Å². The highest BCUT2D eigenvalue weighted by Crippen LogP contribution is 2.25. The number of halogens is 1. The summed E-state index contributed by atoms with van der Waals surface area (Å²) in [7, 11) is -3.51. The molecule has 1 aliphatic carbocycles. The smallest absolute Gasteiger partial charge is 0.250 e. The number of rotatable bonds is 7. The van der Waals surface area contributed by atoms with Crippen LogP contribution in [0.4, 0.5) is 0 Å². The quantitative estimate of drug-likeness (QED) is 0.294. The van der Waals surface area contributed by atoms with E-state index in [2.05, 4.69) is 32.5 Å². The SMILES string of the molecule is CCNC(=NCCNS(=O)(=O)c1ccc(Cl)s1)NC1CC=CC1. The highest BCUT2D eigenvalue weighted by Gasteiger charge is 2.16. The van der Waals surface area contributed by atoms with Crippen molar-refractivity contribution in [3.8, 4) is 0 Å². The molecule has 23 heavy (non-hydrogen) atoms. The maximum atomic E-state index is 12.0. The maximum Gasteiger partial charge on any atom is 0.250 e. The lowest BCUT2D eigenvalue weighted by molar-refractivity contribution is 0.583. The van der Waals surface area contributed by atoms with Gasteiger partial charge in [0, 0.05) is 19.1 Å². The predicted molar refractivity (Wildman–Crippen MR) is 95.8 cm³/mol. The van der Waals surface area contributed by atoms with Crippen LogP contribution in [-0.4, -0.2) is 40.1 Å². The van der Waals surface area contributed by atoms with Crippen molar-refractivity contribution in [3.63, 3.8) is 0 Å². The molecule has 0 unspecified atom stereocenters. The lowest BCUT2D eigenvalue weighted by atomic mass is 10.2. The Balaban J connectivity index is 1.83. The molecule has 2 rings (SSSR count). The van der Waals surface area contributed by atoms with Crippen LogP contribution < -0.4 is 15.4 Å². The molecule has 1 aliphatic rings. The summed E-state index contributed by atoms with van der Waals surface area (Å²) in [5, 5.41) is 6.49. The minimum Gasteiger partial charge on any atom is -0.357 e. The second-order valence-corrected chi connectivity index (χ2v) is 8.71. The number of guanidine groups is 1. The number of thiophene rings is 1. The van der Waals surface area contributed by atoms with Crippen LogP contribution in [0, 0.1) is 0 Å². The van der Waals surface area contributed by atoms with E-state index < -0.39 is 10.0 Å². The molecule has 1 aromatic heterocycles. The molecule has 0 aromatic carbocycles. The number of sulfonamides is 1. The van der Waals surface area contributed by atoms with Crippen molar-refractivity contribution in [2.45, 2.75) is 30.0 Å². The van der Waals surface area contributed by atoms with Gasteiger partial charge in [-0.25, -0.2) is 13.1 Å². The zero-order chi connectivity index (χ0) is 16.7. The first-order valence-corrected chi connectivity index (χ1v) is 10.1. The summed E-state index contributed by atoms with van der Waals surface area (Å²) in [6.07, 6.45) is 6.25. The van der Waals surface area contributed by atoms with E-state index in [1.54, 1.807) is 6.07 Å². The molecule has 0 saturated carbocycles. The van der Waals surface area contributed by atoms with Crippen molar-refractivity contribution in [2.24, 2.45) is 4.99 Å². The summed E-state index contributed by atoms with van der Waals surface area (Å²) in [6, 6.07) is 3.43. The van der Waals surface area contributed by atoms with Crippen molar-refractivity contribution in [1.82, 2.24) is 15.4 Å². The van der Waals surface area contributed by atoms with Crippen LogP contribution in [0.5, 0.6) is 0 Å². The topological polar surface area (TPSA) is 82.6 Å². The molecular formula is C14H21ClN4O2S2. The molecule has 0 bridgehead atoms. The maximum absolute atomic E-state index is 12.0. The molecule has 0 spiro atoms. The van der Waals surface area contributed by atoms with E-state index >= 15 is 0 Å². The van der Waals surface area contributed by atoms with Gasteiger partial charge in [0.15, 0.2) is 5.96 Å². The number of aliphatic imine (C=N–C) groups is 1.